The van der Waals surface area contributed by atoms with Crippen molar-refractivity contribution in [1.29, 1.82) is 0 Å². The summed E-state index contributed by atoms with van der Waals surface area (Å²) in [5, 5.41) is 7.98. The fourth-order valence-electron chi connectivity index (χ4n) is 2.40. The zero-order chi connectivity index (χ0) is 17.9. The van der Waals surface area contributed by atoms with Crippen LogP contribution in [0.2, 0.25) is 0 Å². The van der Waals surface area contributed by atoms with Crippen molar-refractivity contribution in [1.82, 2.24) is 14.9 Å². The molecule has 0 saturated carbocycles. The Balaban J connectivity index is 1.63. The smallest absolute Gasteiger partial charge is 0.247 e. The van der Waals surface area contributed by atoms with Crippen LogP contribution in [0.1, 0.15) is 17.0 Å². The first-order valence-corrected chi connectivity index (χ1v) is 9.39. The third kappa shape index (κ3) is 4.12. The number of rotatable bonds is 6. The van der Waals surface area contributed by atoms with Crippen LogP contribution in [0, 0.1) is 13.8 Å². The van der Waals surface area contributed by atoms with Crippen LogP contribution in [-0.4, -0.2) is 25.2 Å². The minimum absolute atomic E-state index is 0.187. The van der Waals surface area contributed by atoms with Gasteiger partial charge in [0.1, 0.15) is 0 Å². The molecule has 25 heavy (non-hydrogen) atoms. The lowest BCUT2D eigenvalue weighted by Gasteiger charge is -2.07. The molecule has 0 amide bonds. The van der Waals surface area contributed by atoms with Gasteiger partial charge >= 0.3 is 0 Å². The maximum Gasteiger partial charge on any atom is 0.247 e. The molecule has 2 aromatic carbocycles. The summed E-state index contributed by atoms with van der Waals surface area (Å²) in [4.78, 5) is 0.279. The molecule has 0 atom stereocenters. The highest BCUT2D eigenvalue weighted by molar-refractivity contribution is 7.89. The quantitative estimate of drug-likeness (QED) is 0.733. The van der Waals surface area contributed by atoms with Crippen molar-refractivity contribution in [2.45, 2.75) is 25.2 Å². The number of benzene rings is 2. The van der Waals surface area contributed by atoms with Gasteiger partial charge in [-0.25, -0.2) is 13.1 Å². The lowest BCUT2D eigenvalue weighted by Crippen LogP contribution is -2.26. The molecule has 3 aromatic rings. The first kappa shape index (κ1) is 17.3. The van der Waals surface area contributed by atoms with E-state index in [0.29, 0.717) is 23.8 Å². The summed E-state index contributed by atoms with van der Waals surface area (Å²) in [6.45, 7) is 3.95. The Bertz CT molecular complexity index is 963. The van der Waals surface area contributed by atoms with Crippen molar-refractivity contribution in [2.24, 2.45) is 0 Å². The molecule has 1 aromatic heterocycles. The van der Waals surface area contributed by atoms with E-state index in [-0.39, 0.29) is 11.4 Å². The summed E-state index contributed by atoms with van der Waals surface area (Å²) in [6.07, 6.45) is 0.323. The average Bonchev–Trinajstić information content (AvgIpc) is 3.04. The number of aryl methyl sites for hydroxylation is 2. The van der Waals surface area contributed by atoms with Crippen LogP contribution >= 0.6 is 0 Å². The first-order valence-electron chi connectivity index (χ1n) is 7.90. The Labute approximate surface area is 147 Å². The van der Waals surface area contributed by atoms with Gasteiger partial charge in [0.25, 0.3) is 0 Å². The van der Waals surface area contributed by atoms with Crippen molar-refractivity contribution in [3.63, 3.8) is 0 Å². The average molecular weight is 357 g/mol. The molecule has 0 aliphatic rings. The predicted octanol–water partition coefficient (Wildman–Crippen LogP) is 2.87. The maximum atomic E-state index is 12.3. The van der Waals surface area contributed by atoms with Crippen LogP contribution in [-0.2, 0) is 16.4 Å². The van der Waals surface area contributed by atoms with Gasteiger partial charge < -0.3 is 4.42 Å². The van der Waals surface area contributed by atoms with E-state index < -0.39 is 10.0 Å². The Hall–Kier alpha value is -2.51. The molecule has 1 N–H and O–H groups in total. The van der Waals surface area contributed by atoms with Crippen molar-refractivity contribution < 1.29 is 12.8 Å². The fraction of sp³-hybridized carbons (Fsp3) is 0.222. The minimum atomic E-state index is -3.55. The Morgan fingerprint density at radius 2 is 1.72 bits per heavy atom. The van der Waals surface area contributed by atoms with Gasteiger partial charge in [-0.2, -0.15) is 0 Å². The monoisotopic (exact) mass is 357 g/mol. The molecule has 6 nitrogen and oxygen atoms in total. The van der Waals surface area contributed by atoms with E-state index in [1.807, 2.05) is 31.2 Å². The van der Waals surface area contributed by atoms with Gasteiger partial charge in [0.05, 0.1) is 4.90 Å². The van der Waals surface area contributed by atoms with Crippen LogP contribution < -0.4 is 4.72 Å². The van der Waals surface area contributed by atoms with Gasteiger partial charge in [0.15, 0.2) is 0 Å². The third-order valence-corrected chi connectivity index (χ3v) is 5.40. The molecule has 0 spiro atoms. The second kappa shape index (κ2) is 7.16. The van der Waals surface area contributed by atoms with Gasteiger partial charge in [0, 0.05) is 18.5 Å². The first-order chi connectivity index (χ1) is 12.0. The second-order valence-electron chi connectivity index (χ2n) is 5.78. The lowest BCUT2D eigenvalue weighted by molar-refractivity contribution is 0.502. The minimum Gasteiger partial charge on any atom is -0.421 e. The molecule has 3 rings (SSSR count). The Morgan fingerprint density at radius 3 is 2.44 bits per heavy atom. The summed E-state index contributed by atoms with van der Waals surface area (Å²) >= 11 is 0. The largest absolute Gasteiger partial charge is 0.421 e. The zero-order valence-electron chi connectivity index (χ0n) is 14.1. The van der Waals surface area contributed by atoms with Crippen LogP contribution in [0.4, 0.5) is 0 Å². The van der Waals surface area contributed by atoms with E-state index in [1.165, 1.54) is 0 Å². The summed E-state index contributed by atoms with van der Waals surface area (Å²) in [5.41, 5.74) is 2.69. The molecule has 0 aliphatic carbocycles. The Morgan fingerprint density at radius 1 is 1.00 bits per heavy atom. The molecular formula is C18H19N3O3S. The summed E-state index contributed by atoms with van der Waals surface area (Å²) < 4.78 is 32.8. The molecule has 0 aliphatic heterocycles. The fourth-order valence-corrected chi connectivity index (χ4v) is 3.67. The number of sulfonamides is 1. The van der Waals surface area contributed by atoms with Gasteiger partial charge in [0.2, 0.25) is 21.8 Å². The lowest BCUT2D eigenvalue weighted by atomic mass is 10.1. The number of nitrogens with zero attached hydrogens (tertiary/aromatic N) is 2. The van der Waals surface area contributed by atoms with Crippen molar-refractivity contribution in [3.05, 3.63) is 65.5 Å². The van der Waals surface area contributed by atoms with Crippen molar-refractivity contribution in [2.75, 3.05) is 6.54 Å². The molecule has 1 heterocycles. The summed E-state index contributed by atoms with van der Waals surface area (Å²) in [6, 6.07) is 14.6. The van der Waals surface area contributed by atoms with Gasteiger partial charge in [-0.1, -0.05) is 35.9 Å². The number of nitrogens with one attached hydrogen (secondary N) is 1. The molecule has 0 radical (unpaired) electrons. The Kier molecular flexibility index (Phi) is 4.96. The zero-order valence-corrected chi connectivity index (χ0v) is 14.9. The molecule has 0 saturated heterocycles. The van der Waals surface area contributed by atoms with E-state index in [0.717, 1.165) is 11.1 Å². The molecule has 0 unspecified atom stereocenters. The predicted molar refractivity (Wildman–Crippen MR) is 94.5 cm³/mol. The maximum absolute atomic E-state index is 12.3. The van der Waals surface area contributed by atoms with Crippen molar-refractivity contribution >= 4 is 10.0 Å². The third-order valence-electron chi connectivity index (χ3n) is 3.78. The number of aromatic nitrogens is 2. The SMILES string of the molecule is Cc1ccc(-c2nnc(CCNS(=O)(=O)c3ccccc3C)o2)cc1. The van der Waals surface area contributed by atoms with Crippen LogP contribution in [0.3, 0.4) is 0 Å². The van der Waals surface area contributed by atoms with E-state index >= 15 is 0 Å². The van der Waals surface area contributed by atoms with Crippen molar-refractivity contribution in [3.8, 4) is 11.5 Å². The van der Waals surface area contributed by atoms with Gasteiger partial charge in [-0.3, -0.25) is 0 Å². The molecule has 130 valence electrons. The highest BCUT2D eigenvalue weighted by Crippen LogP contribution is 2.18. The summed E-state index contributed by atoms with van der Waals surface area (Å²) in [5.74, 6) is 0.819. The van der Waals surface area contributed by atoms with Crippen LogP contribution in [0.15, 0.2) is 57.8 Å². The highest BCUT2D eigenvalue weighted by atomic mass is 32.2. The van der Waals surface area contributed by atoms with E-state index in [2.05, 4.69) is 14.9 Å². The number of hydrogen-bond acceptors (Lipinski definition) is 5. The topological polar surface area (TPSA) is 85.1 Å². The van der Waals surface area contributed by atoms with Gasteiger partial charge in [-0.15, -0.1) is 10.2 Å². The molecule has 0 bridgehead atoms. The van der Waals surface area contributed by atoms with E-state index in [1.54, 1.807) is 31.2 Å². The van der Waals surface area contributed by atoms with Gasteiger partial charge in [-0.05, 0) is 37.6 Å². The van der Waals surface area contributed by atoms with Crippen LogP contribution in [0.25, 0.3) is 11.5 Å². The van der Waals surface area contributed by atoms with E-state index in [4.69, 9.17) is 4.42 Å². The standard InChI is InChI=1S/C18H19N3O3S/c1-13-7-9-15(10-8-13)18-21-20-17(24-18)11-12-19-25(22,23)16-6-4-3-5-14(16)2/h3-10,19H,11-12H2,1-2H3. The molecule has 0 fully saturated rings. The summed E-state index contributed by atoms with van der Waals surface area (Å²) in [7, 11) is -3.55. The molecular weight excluding hydrogens is 338 g/mol. The molecule has 7 heteroatoms. The highest BCUT2D eigenvalue weighted by Gasteiger charge is 2.16. The van der Waals surface area contributed by atoms with E-state index in [9.17, 15) is 8.42 Å². The second-order valence-corrected chi connectivity index (χ2v) is 7.52. The van der Waals surface area contributed by atoms with Crippen LogP contribution in [0.5, 0.6) is 0 Å². The normalized spacial score (nSPS) is 11.6. The number of hydrogen-bond donors (Lipinski definition) is 1.